The molecule has 0 unspecified atom stereocenters. The highest BCUT2D eigenvalue weighted by molar-refractivity contribution is 5.42. The van der Waals surface area contributed by atoms with E-state index in [9.17, 15) is 4.39 Å². The van der Waals surface area contributed by atoms with Crippen molar-refractivity contribution >= 4 is 0 Å². The number of rotatable bonds is 7. The van der Waals surface area contributed by atoms with Gasteiger partial charge in [0.2, 0.25) is 0 Å². The van der Waals surface area contributed by atoms with E-state index >= 15 is 0 Å². The third kappa shape index (κ3) is 4.46. The minimum atomic E-state index is -0.187. The van der Waals surface area contributed by atoms with Gasteiger partial charge in [-0.2, -0.15) is 0 Å². The summed E-state index contributed by atoms with van der Waals surface area (Å²) >= 11 is 0. The molecule has 2 N–H and O–H groups in total. The smallest absolute Gasteiger partial charge is 0.161 e. The van der Waals surface area contributed by atoms with Crippen LogP contribution in [-0.2, 0) is 13.0 Å². The Kier molecular flexibility index (Phi) is 5.58. The van der Waals surface area contributed by atoms with Crippen molar-refractivity contribution in [1.82, 2.24) is 0 Å². The molecule has 2 aromatic carbocycles. The lowest BCUT2D eigenvalue weighted by molar-refractivity contribution is -0.670. The maximum absolute atomic E-state index is 12.8. The second-order valence-corrected chi connectivity index (χ2v) is 4.85. The monoisotopic (exact) mass is 290 g/mol. The number of halogens is 1. The zero-order chi connectivity index (χ0) is 15.1. The molecule has 0 aliphatic carbocycles. The minimum Gasteiger partial charge on any atom is -0.493 e. The third-order valence-electron chi connectivity index (χ3n) is 3.38. The van der Waals surface area contributed by atoms with E-state index in [2.05, 4.69) is 5.32 Å². The summed E-state index contributed by atoms with van der Waals surface area (Å²) in [6.45, 7) is 1.83. The molecule has 2 aromatic rings. The first-order valence-corrected chi connectivity index (χ1v) is 7.00. The largest absolute Gasteiger partial charge is 0.493 e. The van der Waals surface area contributed by atoms with Gasteiger partial charge in [-0.25, -0.2) is 4.39 Å². The minimum absolute atomic E-state index is 0.187. The van der Waals surface area contributed by atoms with Crippen LogP contribution in [0.3, 0.4) is 0 Å². The van der Waals surface area contributed by atoms with Crippen LogP contribution in [0.25, 0.3) is 0 Å². The fraction of sp³-hybridized carbons (Fsp3) is 0.294. The standard InChI is InChI=1S/C17H20FNO2/c1-20-16-8-5-14(11-17(16)21-2)12-19-10-9-13-3-6-15(18)7-4-13/h3-8,11,19H,9-10,12H2,1-2H3/p+1. The van der Waals surface area contributed by atoms with Crippen molar-refractivity contribution in [3.63, 3.8) is 0 Å². The quantitative estimate of drug-likeness (QED) is 0.793. The number of quaternary nitrogens is 1. The van der Waals surface area contributed by atoms with Gasteiger partial charge >= 0.3 is 0 Å². The average molecular weight is 290 g/mol. The molecule has 0 aliphatic rings. The first-order valence-electron chi connectivity index (χ1n) is 7.00. The SMILES string of the molecule is COc1ccc(C[NH2+]CCc2ccc(F)cc2)cc1OC. The molecule has 0 fully saturated rings. The summed E-state index contributed by atoms with van der Waals surface area (Å²) in [5, 5.41) is 2.23. The summed E-state index contributed by atoms with van der Waals surface area (Å²) in [5.41, 5.74) is 2.34. The van der Waals surface area contributed by atoms with Crippen molar-refractivity contribution in [1.29, 1.82) is 0 Å². The molecule has 0 atom stereocenters. The van der Waals surface area contributed by atoms with Crippen LogP contribution in [0, 0.1) is 5.82 Å². The normalized spacial score (nSPS) is 10.4. The third-order valence-corrected chi connectivity index (χ3v) is 3.38. The molecule has 0 saturated heterocycles. The average Bonchev–Trinajstić information content (AvgIpc) is 2.53. The molecular formula is C17H21FNO2+. The van der Waals surface area contributed by atoms with Gasteiger partial charge in [0.25, 0.3) is 0 Å². The van der Waals surface area contributed by atoms with E-state index < -0.39 is 0 Å². The van der Waals surface area contributed by atoms with Crippen LogP contribution in [0.2, 0.25) is 0 Å². The number of benzene rings is 2. The Morgan fingerprint density at radius 2 is 1.57 bits per heavy atom. The lowest BCUT2D eigenvalue weighted by Crippen LogP contribution is -2.83. The van der Waals surface area contributed by atoms with Gasteiger partial charge in [0.15, 0.2) is 11.5 Å². The van der Waals surface area contributed by atoms with Crippen LogP contribution in [0.15, 0.2) is 42.5 Å². The maximum Gasteiger partial charge on any atom is 0.161 e. The van der Waals surface area contributed by atoms with Crippen molar-refractivity contribution < 1.29 is 19.2 Å². The van der Waals surface area contributed by atoms with Crippen LogP contribution in [0.5, 0.6) is 11.5 Å². The molecule has 0 heterocycles. The summed E-state index contributed by atoms with van der Waals surface area (Å²) in [5.74, 6) is 1.31. The molecule has 3 nitrogen and oxygen atoms in total. The molecule has 4 heteroatoms. The summed E-state index contributed by atoms with van der Waals surface area (Å²) in [4.78, 5) is 0. The molecule has 112 valence electrons. The van der Waals surface area contributed by atoms with Crippen molar-refractivity contribution in [2.45, 2.75) is 13.0 Å². The fourth-order valence-electron chi connectivity index (χ4n) is 2.20. The van der Waals surface area contributed by atoms with E-state index in [4.69, 9.17) is 9.47 Å². The lowest BCUT2D eigenvalue weighted by atomic mass is 10.1. The Bertz CT molecular complexity index is 570. The molecule has 2 rings (SSSR count). The van der Waals surface area contributed by atoms with Crippen molar-refractivity contribution in [2.24, 2.45) is 0 Å². The van der Waals surface area contributed by atoms with E-state index in [1.54, 1.807) is 14.2 Å². The molecule has 0 aromatic heterocycles. The summed E-state index contributed by atoms with van der Waals surface area (Å²) in [6.07, 6.45) is 0.924. The number of methoxy groups -OCH3 is 2. The maximum atomic E-state index is 12.8. The zero-order valence-electron chi connectivity index (χ0n) is 12.4. The Balaban J connectivity index is 1.82. The second-order valence-electron chi connectivity index (χ2n) is 4.85. The lowest BCUT2D eigenvalue weighted by Gasteiger charge is -2.09. The van der Waals surface area contributed by atoms with Crippen LogP contribution in [0.4, 0.5) is 4.39 Å². The van der Waals surface area contributed by atoms with Gasteiger partial charge in [-0.1, -0.05) is 12.1 Å². The van der Waals surface area contributed by atoms with E-state index in [0.717, 1.165) is 36.6 Å². The van der Waals surface area contributed by atoms with Gasteiger partial charge in [0, 0.05) is 12.0 Å². The van der Waals surface area contributed by atoms with Crippen molar-refractivity contribution in [3.8, 4) is 11.5 Å². The first-order chi connectivity index (χ1) is 10.2. The number of ether oxygens (including phenoxy) is 2. The van der Waals surface area contributed by atoms with E-state index in [1.807, 2.05) is 30.3 Å². The molecule has 0 bridgehead atoms. The summed E-state index contributed by atoms with van der Waals surface area (Å²) in [7, 11) is 3.27. The predicted octanol–water partition coefficient (Wildman–Crippen LogP) is 2.15. The van der Waals surface area contributed by atoms with Gasteiger partial charge in [-0.15, -0.1) is 0 Å². The van der Waals surface area contributed by atoms with E-state index in [0.29, 0.717) is 0 Å². The number of nitrogens with two attached hydrogens (primary N) is 1. The first kappa shape index (κ1) is 15.3. The number of hydrogen-bond acceptors (Lipinski definition) is 2. The van der Waals surface area contributed by atoms with Gasteiger partial charge in [-0.05, 0) is 35.9 Å². The molecular weight excluding hydrogens is 269 g/mol. The predicted molar refractivity (Wildman–Crippen MR) is 80.1 cm³/mol. The topological polar surface area (TPSA) is 35.1 Å². The highest BCUT2D eigenvalue weighted by Gasteiger charge is 2.05. The molecule has 0 saturated carbocycles. The molecule has 0 aliphatic heterocycles. The Morgan fingerprint density at radius 3 is 2.24 bits per heavy atom. The molecule has 21 heavy (non-hydrogen) atoms. The number of hydrogen-bond donors (Lipinski definition) is 1. The van der Waals surface area contributed by atoms with Gasteiger partial charge < -0.3 is 14.8 Å². The van der Waals surface area contributed by atoms with E-state index in [1.165, 1.54) is 17.7 Å². The van der Waals surface area contributed by atoms with Crippen LogP contribution >= 0.6 is 0 Å². The summed E-state index contributed by atoms with van der Waals surface area (Å²) < 4.78 is 23.3. The Labute approximate surface area is 124 Å². The second kappa shape index (κ2) is 7.64. The van der Waals surface area contributed by atoms with Crippen LogP contribution in [0.1, 0.15) is 11.1 Å². The Morgan fingerprint density at radius 1 is 0.905 bits per heavy atom. The Hall–Kier alpha value is -2.07. The van der Waals surface area contributed by atoms with Gasteiger partial charge in [-0.3, -0.25) is 0 Å². The zero-order valence-corrected chi connectivity index (χ0v) is 12.4. The fourth-order valence-corrected chi connectivity index (χ4v) is 2.20. The van der Waals surface area contributed by atoms with Gasteiger partial charge in [0.05, 0.1) is 20.8 Å². The van der Waals surface area contributed by atoms with Crippen molar-refractivity contribution in [2.75, 3.05) is 20.8 Å². The highest BCUT2D eigenvalue weighted by Crippen LogP contribution is 2.27. The molecule has 0 radical (unpaired) electrons. The summed E-state index contributed by atoms with van der Waals surface area (Å²) in [6, 6.07) is 12.6. The van der Waals surface area contributed by atoms with Crippen LogP contribution in [-0.4, -0.2) is 20.8 Å². The molecule has 0 amide bonds. The van der Waals surface area contributed by atoms with Crippen molar-refractivity contribution in [3.05, 3.63) is 59.4 Å². The van der Waals surface area contributed by atoms with Gasteiger partial charge in [0.1, 0.15) is 12.4 Å². The van der Waals surface area contributed by atoms with Crippen LogP contribution < -0.4 is 14.8 Å². The highest BCUT2D eigenvalue weighted by atomic mass is 19.1. The molecule has 0 spiro atoms. The van der Waals surface area contributed by atoms with E-state index in [-0.39, 0.29) is 5.82 Å².